The number of carbonyl (C=O) groups is 1. The van der Waals surface area contributed by atoms with E-state index in [2.05, 4.69) is 15.5 Å². The molecule has 1 heterocycles. The third-order valence-corrected chi connectivity index (χ3v) is 3.05. The molecule has 1 saturated heterocycles. The summed E-state index contributed by atoms with van der Waals surface area (Å²) >= 11 is 0. The highest BCUT2D eigenvalue weighted by Crippen LogP contribution is 2.30. The molecule has 0 aliphatic carbocycles. The molecule has 0 radical (unpaired) electrons. The first kappa shape index (κ1) is 12.5. The van der Waals surface area contributed by atoms with E-state index >= 15 is 0 Å². The van der Waals surface area contributed by atoms with Gasteiger partial charge in [-0.1, -0.05) is 0 Å². The molecule has 1 fully saturated rings. The van der Waals surface area contributed by atoms with E-state index in [0.29, 0.717) is 12.2 Å². The summed E-state index contributed by atoms with van der Waals surface area (Å²) in [6.45, 7) is 4.56. The molecule has 1 aliphatic heterocycles. The van der Waals surface area contributed by atoms with Gasteiger partial charge in [-0.15, -0.1) is 0 Å². The molecule has 0 unspecified atom stereocenters. The summed E-state index contributed by atoms with van der Waals surface area (Å²) in [5.74, 6) is 0. The molecule has 5 nitrogen and oxygen atoms in total. The second kappa shape index (κ2) is 5.62. The molecule has 1 aliphatic rings. The predicted octanol–water partition coefficient (Wildman–Crippen LogP) is 2.01. The lowest BCUT2D eigenvalue weighted by Crippen LogP contribution is -2.29. The topological polar surface area (TPSA) is 70.4 Å². The second-order valence-corrected chi connectivity index (χ2v) is 4.46. The van der Waals surface area contributed by atoms with Gasteiger partial charge in [0.2, 0.25) is 0 Å². The number of carbonyl (C=O) groups excluding carboxylic acids is 1. The van der Waals surface area contributed by atoms with Gasteiger partial charge in [-0.25, -0.2) is 4.79 Å². The summed E-state index contributed by atoms with van der Waals surface area (Å²) in [4.78, 5) is 13.9. The Morgan fingerprint density at radius 2 is 2.11 bits per heavy atom. The Kier molecular flexibility index (Phi) is 3.92. The summed E-state index contributed by atoms with van der Waals surface area (Å²) in [5, 5.41) is 5.58. The molecule has 98 valence electrons. The number of hydrogen-bond donors (Lipinski definition) is 3. The molecular weight excluding hydrogens is 228 g/mol. The Labute approximate surface area is 107 Å². The zero-order valence-corrected chi connectivity index (χ0v) is 10.7. The lowest BCUT2D eigenvalue weighted by atomic mass is 10.2. The van der Waals surface area contributed by atoms with E-state index < -0.39 is 0 Å². The SMILES string of the molecule is CCNC(=O)Nc1cc(N)ccc1N1CCCC1. The zero-order chi connectivity index (χ0) is 13.0. The van der Waals surface area contributed by atoms with Crippen LogP contribution >= 0.6 is 0 Å². The smallest absolute Gasteiger partial charge is 0.319 e. The summed E-state index contributed by atoms with van der Waals surface area (Å²) in [6, 6.07) is 5.46. The van der Waals surface area contributed by atoms with Crippen LogP contribution in [0.15, 0.2) is 18.2 Å². The first-order chi connectivity index (χ1) is 8.70. The average Bonchev–Trinajstić information content (AvgIpc) is 2.83. The molecule has 0 atom stereocenters. The van der Waals surface area contributed by atoms with Crippen LogP contribution in [-0.2, 0) is 0 Å². The van der Waals surface area contributed by atoms with Crippen molar-refractivity contribution in [1.82, 2.24) is 5.32 Å². The maximum Gasteiger partial charge on any atom is 0.319 e. The lowest BCUT2D eigenvalue weighted by molar-refractivity contribution is 0.252. The maximum absolute atomic E-state index is 11.6. The Morgan fingerprint density at radius 3 is 2.78 bits per heavy atom. The molecule has 1 aromatic carbocycles. The lowest BCUT2D eigenvalue weighted by Gasteiger charge is -2.22. The van der Waals surface area contributed by atoms with Gasteiger partial charge in [0, 0.05) is 25.3 Å². The largest absolute Gasteiger partial charge is 0.399 e. The quantitative estimate of drug-likeness (QED) is 0.717. The highest BCUT2D eigenvalue weighted by Gasteiger charge is 2.16. The summed E-state index contributed by atoms with van der Waals surface area (Å²) in [5.41, 5.74) is 8.27. The average molecular weight is 248 g/mol. The first-order valence-corrected chi connectivity index (χ1v) is 6.40. The number of nitrogens with one attached hydrogen (secondary N) is 2. The van der Waals surface area contributed by atoms with Crippen LogP contribution < -0.4 is 21.3 Å². The van der Waals surface area contributed by atoms with E-state index in [0.717, 1.165) is 24.5 Å². The second-order valence-electron chi connectivity index (χ2n) is 4.46. The van der Waals surface area contributed by atoms with Gasteiger partial charge >= 0.3 is 6.03 Å². The number of benzene rings is 1. The summed E-state index contributed by atoms with van der Waals surface area (Å²) in [6.07, 6.45) is 2.40. The number of nitrogen functional groups attached to an aromatic ring is 1. The standard InChI is InChI=1S/C13H20N4O/c1-2-15-13(18)16-11-9-10(14)5-6-12(11)17-7-3-4-8-17/h5-6,9H,2-4,7-8,14H2,1H3,(H2,15,16,18). The van der Waals surface area contributed by atoms with Crippen molar-refractivity contribution >= 4 is 23.1 Å². The molecule has 2 rings (SSSR count). The van der Waals surface area contributed by atoms with Crippen LogP contribution in [0, 0.1) is 0 Å². The van der Waals surface area contributed by atoms with E-state index in [1.807, 2.05) is 25.1 Å². The molecule has 2 amide bonds. The minimum absolute atomic E-state index is 0.191. The molecule has 0 bridgehead atoms. The first-order valence-electron chi connectivity index (χ1n) is 6.40. The third kappa shape index (κ3) is 2.85. The van der Waals surface area contributed by atoms with Crippen molar-refractivity contribution in [3.8, 4) is 0 Å². The van der Waals surface area contributed by atoms with E-state index in [1.54, 1.807) is 0 Å². The molecule has 0 spiro atoms. The van der Waals surface area contributed by atoms with Gasteiger partial charge in [-0.3, -0.25) is 0 Å². The normalized spacial score (nSPS) is 14.6. The van der Waals surface area contributed by atoms with Crippen molar-refractivity contribution in [2.24, 2.45) is 0 Å². The highest BCUT2D eigenvalue weighted by molar-refractivity contribution is 5.94. The Bertz CT molecular complexity index is 427. The summed E-state index contributed by atoms with van der Waals surface area (Å²) < 4.78 is 0. The zero-order valence-electron chi connectivity index (χ0n) is 10.7. The Morgan fingerprint density at radius 1 is 1.39 bits per heavy atom. The number of nitrogens with zero attached hydrogens (tertiary/aromatic N) is 1. The van der Waals surface area contributed by atoms with Crippen molar-refractivity contribution in [2.45, 2.75) is 19.8 Å². The fourth-order valence-electron chi connectivity index (χ4n) is 2.21. The fourth-order valence-corrected chi connectivity index (χ4v) is 2.21. The predicted molar refractivity (Wildman–Crippen MR) is 75.0 cm³/mol. The number of nitrogens with two attached hydrogens (primary N) is 1. The van der Waals surface area contributed by atoms with Crippen LogP contribution in [0.1, 0.15) is 19.8 Å². The highest BCUT2D eigenvalue weighted by atomic mass is 16.2. The molecule has 1 aromatic rings. The molecular formula is C13H20N4O. The van der Waals surface area contributed by atoms with Gasteiger partial charge in [0.05, 0.1) is 11.4 Å². The minimum atomic E-state index is -0.191. The summed E-state index contributed by atoms with van der Waals surface area (Å²) in [7, 11) is 0. The van der Waals surface area contributed by atoms with E-state index in [4.69, 9.17) is 5.73 Å². The van der Waals surface area contributed by atoms with Gasteiger partial charge < -0.3 is 21.3 Å². The van der Waals surface area contributed by atoms with Crippen molar-refractivity contribution in [3.63, 3.8) is 0 Å². The van der Waals surface area contributed by atoms with Gasteiger partial charge in [0.1, 0.15) is 0 Å². The van der Waals surface area contributed by atoms with E-state index in [9.17, 15) is 4.79 Å². The number of urea groups is 1. The maximum atomic E-state index is 11.6. The Balaban J connectivity index is 2.20. The van der Waals surface area contributed by atoms with E-state index in [1.165, 1.54) is 12.8 Å². The minimum Gasteiger partial charge on any atom is -0.399 e. The van der Waals surface area contributed by atoms with Crippen LogP contribution in [-0.4, -0.2) is 25.7 Å². The van der Waals surface area contributed by atoms with Crippen molar-refractivity contribution < 1.29 is 4.79 Å². The number of hydrogen-bond acceptors (Lipinski definition) is 3. The van der Waals surface area contributed by atoms with Crippen LogP contribution in [0.3, 0.4) is 0 Å². The van der Waals surface area contributed by atoms with Gasteiger partial charge in [0.15, 0.2) is 0 Å². The number of rotatable bonds is 3. The van der Waals surface area contributed by atoms with Crippen LogP contribution in [0.2, 0.25) is 0 Å². The van der Waals surface area contributed by atoms with Crippen molar-refractivity contribution in [1.29, 1.82) is 0 Å². The monoisotopic (exact) mass is 248 g/mol. The van der Waals surface area contributed by atoms with E-state index in [-0.39, 0.29) is 6.03 Å². The van der Waals surface area contributed by atoms with Gasteiger partial charge in [0.25, 0.3) is 0 Å². The molecule has 0 saturated carbocycles. The third-order valence-electron chi connectivity index (χ3n) is 3.05. The van der Waals surface area contributed by atoms with Gasteiger partial charge in [-0.05, 0) is 38.0 Å². The van der Waals surface area contributed by atoms with Gasteiger partial charge in [-0.2, -0.15) is 0 Å². The van der Waals surface area contributed by atoms with Crippen molar-refractivity contribution in [2.75, 3.05) is 35.6 Å². The molecule has 18 heavy (non-hydrogen) atoms. The van der Waals surface area contributed by atoms with Crippen LogP contribution in [0.25, 0.3) is 0 Å². The molecule has 0 aromatic heterocycles. The number of anilines is 3. The van der Waals surface area contributed by atoms with Crippen LogP contribution in [0.5, 0.6) is 0 Å². The molecule has 4 N–H and O–H groups in total. The van der Waals surface area contributed by atoms with Crippen molar-refractivity contribution in [3.05, 3.63) is 18.2 Å². The fraction of sp³-hybridized carbons (Fsp3) is 0.462. The molecule has 5 heteroatoms. The Hall–Kier alpha value is -1.91. The van der Waals surface area contributed by atoms with Crippen LogP contribution in [0.4, 0.5) is 21.9 Å². The number of amides is 2.